The Hall–Kier alpha value is -3.16. The molecule has 0 bridgehead atoms. The number of benzene rings is 3. The Morgan fingerprint density at radius 2 is 1.29 bits per heavy atom. The van der Waals surface area contributed by atoms with Gasteiger partial charge >= 0.3 is 6.03 Å². The summed E-state index contributed by atoms with van der Waals surface area (Å²) in [5.41, 5.74) is 8.13. The van der Waals surface area contributed by atoms with Gasteiger partial charge in [0.1, 0.15) is 0 Å². The summed E-state index contributed by atoms with van der Waals surface area (Å²) in [6.07, 6.45) is 0. The Labute approximate surface area is 164 Å². The van der Waals surface area contributed by atoms with Crippen LogP contribution in [0.1, 0.15) is 22.7 Å². The monoisotopic (exact) mass is 395 g/mol. The van der Waals surface area contributed by atoms with E-state index in [4.69, 9.17) is 0 Å². The molecule has 0 spiro atoms. The lowest BCUT2D eigenvalue weighted by molar-refractivity contribution is 0.240. The summed E-state index contributed by atoms with van der Waals surface area (Å²) in [5, 5.41) is 0. The number of aryl methyl sites for hydroxylation is 1. The van der Waals surface area contributed by atoms with E-state index in [-0.39, 0.29) is 10.9 Å². The minimum atomic E-state index is -3.96. The highest BCUT2D eigenvalue weighted by molar-refractivity contribution is 7.90. The molecule has 0 aliphatic carbocycles. The van der Waals surface area contributed by atoms with Crippen LogP contribution < -0.4 is 15.6 Å². The van der Waals surface area contributed by atoms with Gasteiger partial charge in [0.2, 0.25) is 0 Å². The topological polar surface area (TPSA) is 87.3 Å². The number of carbonyl (C=O) groups excluding carboxylic acids is 1. The van der Waals surface area contributed by atoms with E-state index in [2.05, 4.69) is 10.9 Å². The van der Waals surface area contributed by atoms with Crippen LogP contribution in [0.2, 0.25) is 0 Å². The molecule has 7 heteroatoms. The first-order valence-corrected chi connectivity index (χ1v) is 10.2. The molecule has 0 aliphatic rings. The predicted molar refractivity (Wildman–Crippen MR) is 108 cm³/mol. The normalized spacial score (nSPS) is 11.2. The fraction of sp³-hybridized carbons (Fsp3) is 0.0952. The molecule has 0 aromatic heterocycles. The maximum absolute atomic E-state index is 12.3. The number of hydrogen-bond acceptors (Lipinski definition) is 4. The summed E-state index contributed by atoms with van der Waals surface area (Å²) >= 11 is 0. The van der Waals surface area contributed by atoms with Crippen LogP contribution in [0.25, 0.3) is 0 Å². The van der Waals surface area contributed by atoms with Gasteiger partial charge in [-0.05, 0) is 30.2 Å². The molecule has 0 radical (unpaired) electrons. The van der Waals surface area contributed by atoms with Crippen molar-refractivity contribution >= 4 is 16.1 Å². The van der Waals surface area contributed by atoms with E-state index in [0.29, 0.717) is 0 Å². The van der Waals surface area contributed by atoms with E-state index < -0.39 is 16.1 Å². The SMILES string of the molecule is Cc1ccc(S(=O)(=O)NC(=O)NNC(c2ccccc2)c2ccccc2)cc1. The molecule has 0 saturated heterocycles. The van der Waals surface area contributed by atoms with Gasteiger partial charge in [-0.15, -0.1) is 0 Å². The summed E-state index contributed by atoms with van der Waals surface area (Å²) in [7, 11) is -3.96. The minimum absolute atomic E-state index is 0.0240. The second-order valence-corrected chi connectivity index (χ2v) is 7.95. The summed E-state index contributed by atoms with van der Waals surface area (Å²) in [6, 6.07) is 24.1. The van der Waals surface area contributed by atoms with Crippen LogP contribution in [0, 0.1) is 6.92 Å². The van der Waals surface area contributed by atoms with Crippen molar-refractivity contribution in [2.24, 2.45) is 0 Å². The van der Waals surface area contributed by atoms with E-state index in [9.17, 15) is 13.2 Å². The molecular weight excluding hydrogens is 374 g/mol. The van der Waals surface area contributed by atoms with Crippen LogP contribution >= 0.6 is 0 Å². The van der Waals surface area contributed by atoms with Gasteiger partial charge in [-0.1, -0.05) is 78.4 Å². The van der Waals surface area contributed by atoms with Gasteiger partial charge in [-0.3, -0.25) is 5.43 Å². The first-order chi connectivity index (χ1) is 13.5. The number of nitrogens with one attached hydrogen (secondary N) is 3. The molecule has 6 nitrogen and oxygen atoms in total. The second-order valence-electron chi connectivity index (χ2n) is 6.27. The van der Waals surface area contributed by atoms with Crippen LogP contribution in [-0.4, -0.2) is 14.4 Å². The quantitative estimate of drug-likeness (QED) is 0.559. The zero-order valence-electron chi connectivity index (χ0n) is 15.3. The molecule has 0 aliphatic heterocycles. The fourth-order valence-corrected chi connectivity index (χ4v) is 3.62. The fourth-order valence-electron chi connectivity index (χ4n) is 2.71. The van der Waals surface area contributed by atoms with Gasteiger partial charge in [0.25, 0.3) is 10.0 Å². The smallest absolute Gasteiger partial charge is 0.272 e. The highest BCUT2D eigenvalue weighted by Gasteiger charge is 2.19. The van der Waals surface area contributed by atoms with Crippen molar-refractivity contribution < 1.29 is 13.2 Å². The molecule has 0 saturated carbocycles. The summed E-state index contributed by atoms with van der Waals surface area (Å²) in [5.74, 6) is 0. The second kappa shape index (κ2) is 8.69. The zero-order chi connectivity index (χ0) is 20.0. The third kappa shape index (κ3) is 4.97. The number of rotatable bonds is 6. The van der Waals surface area contributed by atoms with Crippen molar-refractivity contribution in [3.05, 3.63) is 102 Å². The van der Waals surface area contributed by atoms with Crippen molar-refractivity contribution in [1.82, 2.24) is 15.6 Å². The number of carbonyl (C=O) groups is 1. The van der Waals surface area contributed by atoms with Crippen molar-refractivity contribution in [2.45, 2.75) is 17.9 Å². The standard InChI is InChI=1S/C21H21N3O3S/c1-16-12-14-19(15-13-16)28(26,27)24-21(25)23-22-20(17-8-4-2-5-9-17)18-10-6-3-7-11-18/h2-15,20,22H,1H3,(H2,23,24,25). The number of hydrogen-bond donors (Lipinski definition) is 3. The molecule has 0 heterocycles. The van der Waals surface area contributed by atoms with Crippen molar-refractivity contribution in [2.75, 3.05) is 0 Å². The number of hydrazine groups is 1. The first-order valence-electron chi connectivity index (χ1n) is 8.70. The van der Waals surface area contributed by atoms with Crippen LogP contribution in [0.5, 0.6) is 0 Å². The average molecular weight is 395 g/mol. The maximum Gasteiger partial charge on any atom is 0.343 e. The highest BCUT2D eigenvalue weighted by Crippen LogP contribution is 2.20. The maximum atomic E-state index is 12.3. The number of sulfonamides is 1. The lowest BCUT2D eigenvalue weighted by Gasteiger charge is -2.20. The summed E-state index contributed by atoms with van der Waals surface area (Å²) < 4.78 is 26.7. The molecule has 3 N–H and O–H groups in total. The lowest BCUT2D eigenvalue weighted by Crippen LogP contribution is -2.47. The lowest BCUT2D eigenvalue weighted by atomic mass is 9.99. The Kier molecular flexibility index (Phi) is 6.08. The van der Waals surface area contributed by atoms with E-state index in [0.717, 1.165) is 16.7 Å². The summed E-state index contributed by atoms with van der Waals surface area (Å²) in [6.45, 7) is 1.85. The Morgan fingerprint density at radius 1 is 0.786 bits per heavy atom. The van der Waals surface area contributed by atoms with Crippen LogP contribution in [0.3, 0.4) is 0 Å². The molecule has 0 fully saturated rings. The molecule has 144 valence electrons. The Morgan fingerprint density at radius 3 is 1.79 bits per heavy atom. The third-order valence-corrected chi connectivity index (χ3v) is 5.50. The van der Waals surface area contributed by atoms with Gasteiger partial charge in [-0.2, -0.15) is 0 Å². The molecular formula is C21H21N3O3S. The molecule has 3 rings (SSSR count). The summed E-state index contributed by atoms with van der Waals surface area (Å²) in [4.78, 5) is 12.2. The van der Waals surface area contributed by atoms with Crippen molar-refractivity contribution in [3.8, 4) is 0 Å². The predicted octanol–water partition coefficient (Wildman–Crippen LogP) is 3.28. The van der Waals surface area contributed by atoms with Crippen molar-refractivity contribution in [3.63, 3.8) is 0 Å². The molecule has 3 aromatic carbocycles. The number of urea groups is 1. The van der Waals surface area contributed by atoms with Gasteiger partial charge in [-0.25, -0.2) is 23.4 Å². The van der Waals surface area contributed by atoms with Gasteiger partial charge in [0.15, 0.2) is 0 Å². The Balaban J connectivity index is 1.71. The van der Waals surface area contributed by atoms with Gasteiger partial charge < -0.3 is 0 Å². The molecule has 0 unspecified atom stereocenters. The first kappa shape index (κ1) is 19.6. The molecule has 2 amide bonds. The largest absolute Gasteiger partial charge is 0.343 e. The molecule has 0 atom stereocenters. The van der Waals surface area contributed by atoms with Gasteiger partial charge in [0.05, 0.1) is 10.9 Å². The highest BCUT2D eigenvalue weighted by atomic mass is 32.2. The van der Waals surface area contributed by atoms with E-state index in [1.807, 2.05) is 72.3 Å². The van der Waals surface area contributed by atoms with E-state index in [1.54, 1.807) is 12.1 Å². The minimum Gasteiger partial charge on any atom is -0.272 e. The van der Waals surface area contributed by atoms with Crippen LogP contribution in [0.4, 0.5) is 4.79 Å². The van der Waals surface area contributed by atoms with Gasteiger partial charge in [0, 0.05) is 0 Å². The van der Waals surface area contributed by atoms with Crippen molar-refractivity contribution in [1.29, 1.82) is 0 Å². The van der Waals surface area contributed by atoms with Crippen LogP contribution in [0.15, 0.2) is 89.8 Å². The van der Waals surface area contributed by atoms with E-state index in [1.165, 1.54) is 12.1 Å². The molecule has 28 heavy (non-hydrogen) atoms. The number of amides is 2. The zero-order valence-corrected chi connectivity index (χ0v) is 16.1. The van der Waals surface area contributed by atoms with E-state index >= 15 is 0 Å². The Bertz CT molecular complexity index is 982. The third-order valence-electron chi connectivity index (χ3n) is 4.15. The molecule has 3 aromatic rings. The van der Waals surface area contributed by atoms with Crippen LogP contribution in [-0.2, 0) is 10.0 Å². The average Bonchev–Trinajstić information content (AvgIpc) is 2.70.